The van der Waals surface area contributed by atoms with Crippen molar-refractivity contribution < 1.29 is 14.4 Å². The number of rotatable bonds is 4. The average Bonchev–Trinajstić information content (AvgIpc) is 3.46. The molecule has 3 heterocycles. The third kappa shape index (κ3) is 4.12. The molecule has 3 aliphatic heterocycles. The van der Waals surface area contributed by atoms with E-state index in [-0.39, 0.29) is 30.9 Å². The molecule has 4 aliphatic rings. The van der Waals surface area contributed by atoms with E-state index in [9.17, 15) is 14.4 Å². The summed E-state index contributed by atoms with van der Waals surface area (Å²) in [7, 11) is 1.68. The van der Waals surface area contributed by atoms with Crippen molar-refractivity contribution >= 4 is 17.8 Å². The third-order valence-electron chi connectivity index (χ3n) is 7.68. The number of likely N-dealkylation sites (N-methyl/N-ethyl adjacent to an activating group) is 1. The van der Waals surface area contributed by atoms with E-state index >= 15 is 0 Å². The fraction of sp³-hybridized carbons (Fsp3) is 0.560. The first kappa shape index (κ1) is 21.9. The van der Waals surface area contributed by atoms with E-state index in [0.29, 0.717) is 17.3 Å². The molecule has 2 fully saturated rings. The van der Waals surface area contributed by atoms with E-state index in [2.05, 4.69) is 10.2 Å². The fourth-order valence-corrected chi connectivity index (χ4v) is 5.63. The van der Waals surface area contributed by atoms with Gasteiger partial charge in [-0.1, -0.05) is 42.7 Å². The zero-order valence-corrected chi connectivity index (χ0v) is 19.5. The van der Waals surface area contributed by atoms with Crippen molar-refractivity contribution in [3.05, 3.63) is 46.7 Å². The minimum atomic E-state index is -0.494. The molecule has 1 aliphatic carbocycles. The van der Waals surface area contributed by atoms with Gasteiger partial charge in [0.2, 0.25) is 5.91 Å². The third-order valence-corrected chi connectivity index (χ3v) is 7.68. The average molecular weight is 452 g/mol. The van der Waals surface area contributed by atoms with Crippen molar-refractivity contribution in [3.8, 4) is 0 Å². The number of urea groups is 1. The normalized spacial score (nSPS) is 24.5. The molecule has 8 heteroatoms. The smallest absolute Gasteiger partial charge is 0.322 e. The van der Waals surface area contributed by atoms with Crippen LogP contribution in [0, 0.1) is 6.92 Å². The number of aryl methyl sites for hydroxylation is 1. The van der Waals surface area contributed by atoms with Crippen LogP contribution in [0.1, 0.15) is 42.9 Å². The summed E-state index contributed by atoms with van der Waals surface area (Å²) in [6, 6.07) is 7.80. The zero-order valence-electron chi connectivity index (χ0n) is 19.5. The first-order chi connectivity index (χ1) is 15.9. The van der Waals surface area contributed by atoms with Crippen molar-refractivity contribution in [1.82, 2.24) is 24.9 Å². The van der Waals surface area contributed by atoms with Crippen molar-refractivity contribution in [3.63, 3.8) is 0 Å². The van der Waals surface area contributed by atoms with Crippen LogP contribution in [0.5, 0.6) is 0 Å². The van der Waals surface area contributed by atoms with E-state index in [0.717, 1.165) is 37.3 Å². The predicted molar refractivity (Wildman–Crippen MR) is 124 cm³/mol. The number of benzene rings is 1. The molecule has 0 spiro atoms. The number of piperazine rings is 1. The number of hydrogen-bond acceptors (Lipinski definition) is 4. The van der Waals surface area contributed by atoms with Crippen molar-refractivity contribution in [1.29, 1.82) is 0 Å². The molecule has 1 aromatic carbocycles. The highest BCUT2D eigenvalue weighted by Crippen LogP contribution is 2.35. The Kier molecular flexibility index (Phi) is 5.86. The number of nitrogens with one attached hydrogen (secondary N) is 1. The van der Waals surface area contributed by atoms with Crippen LogP contribution in [0.4, 0.5) is 4.79 Å². The Morgan fingerprint density at radius 1 is 1.03 bits per heavy atom. The van der Waals surface area contributed by atoms with Crippen LogP contribution in [0.3, 0.4) is 0 Å². The van der Waals surface area contributed by atoms with Crippen LogP contribution in [0.2, 0.25) is 0 Å². The number of carbonyl (C=O) groups excluding carboxylic acids is 3. The topological polar surface area (TPSA) is 76.2 Å². The first-order valence-electron chi connectivity index (χ1n) is 12.1. The Balaban J connectivity index is 1.26. The van der Waals surface area contributed by atoms with Gasteiger partial charge in [-0.25, -0.2) is 4.79 Å². The number of nitrogens with zero attached hydrogens (tertiary/aromatic N) is 4. The lowest BCUT2D eigenvalue weighted by Gasteiger charge is -2.38. The van der Waals surface area contributed by atoms with Crippen LogP contribution >= 0.6 is 0 Å². The summed E-state index contributed by atoms with van der Waals surface area (Å²) in [6.07, 6.45) is 5.17. The summed E-state index contributed by atoms with van der Waals surface area (Å²) in [6.45, 7) is 5.61. The highest BCUT2D eigenvalue weighted by atomic mass is 16.2. The van der Waals surface area contributed by atoms with Crippen LogP contribution in [0.15, 0.2) is 35.5 Å². The molecule has 0 bridgehead atoms. The molecule has 1 saturated carbocycles. The standard InChI is InChI=1S/C25H33N5O3/c1-17-7-9-18(10-8-17)23-22-20(27(2)25(33)26-23)15-30(24(22)32)16-21(31)29-13-11-28(12-14-29)19-5-3-4-6-19/h7-10,19,23H,3-6,11-16H2,1-2H3,(H,26,33)/t23-/m0/s1. The lowest BCUT2D eigenvalue weighted by molar-refractivity contribution is -0.139. The monoisotopic (exact) mass is 451 g/mol. The Morgan fingerprint density at radius 2 is 1.70 bits per heavy atom. The lowest BCUT2D eigenvalue weighted by atomic mass is 9.95. The second-order valence-electron chi connectivity index (χ2n) is 9.73. The Morgan fingerprint density at radius 3 is 2.36 bits per heavy atom. The van der Waals surface area contributed by atoms with Crippen LogP contribution < -0.4 is 5.32 Å². The highest BCUT2D eigenvalue weighted by Gasteiger charge is 2.43. The molecular formula is C25H33N5O3. The molecular weight excluding hydrogens is 418 g/mol. The van der Waals surface area contributed by atoms with Gasteiger partial charge in [0.05, 0.1) is 23.9 Å². The largest absolute Gasteiger partial charge is 0.339 e. The van der Waals surface area contributed by atoms with Gasteiger partial charge in [-0.15, -0.1) is 0 Å². The van der Waals surface area contributed by atoms with Gasteiger partial charge >= 0.3 is 6.03 Å². The van der Waals surface area contributed by atoms with Gasteiger partial charge in [0.25, 0.3) is 5.91 Å². The summed E-state index contributed by atoms with van der Waals surface area (Å²) in [5.74, 6) is -0.177. The maximum atomic E-state index is 13.4. The fourth-order valence-electron chi connectivity index (χ4n) is 5.63. The first-order valence-corrected chi connectivity index (χ1v) is 12.1. The maximum Gasteiger partial charge on any atom is 0.322 e. The van der Waals surface area contributed by atoms with Gasteiger partial charge in [-0.2, -0.15) is 0 Å². The molecule has 8 nitrogen and oxygen atoms in total. The van der Waals surface area contributed by atoms with Crippen LogP contribution in [-0.2, 0) is 9.59 Å². The maximum absolute atomic E-state index is 13.4. The minimum absolute atomic E-state index is 0.0110. The summed E-state index contributed by atoms with van der Waals surface area (Å²) in [4.78, 5) is 46.6. The van der Waals surface area contributed by atoms with E-state index in [1.54, 1.807) is 11.9 Å². The van der Waals surface area contributed by atoms with Crippen LogP contribution in [-0.4, -0.2) is 89.8 Å². The lowest BCUT2D eigenvalue weighted by Crippen LogP contribution is -2.53. The van der Waals surface area contributed by atoms with E-state index in [4.69, 9.17) is 0 Å². The Labute approximate surface area is 195 Å². The Hall–Kier alpha value is -2.87. The SMILES string of the molecule is Cc1ccc([C@@H]2NC(=O)N(C)C3=C2C(=O)N(CC(=O)N2CCN(C4CCCC4)CC2)C3)cc1. The van der Waals surface area contributed by atoms with Gasteiger partial charge < -0.3 is 15.1 Å². The second kappa shape index (κ2) is 8.82. The zero-order chi connectivity index (χ0) is 23.1. The molecule has 176 valence electrons. The molecule has 0 radical (unpaired) electrons. The Bertz CT molecular complexity index is 974. The molecule has 4 amide bonds. The van der Waals surface area contributed by atoms with Gasteiger partial charge in [-0.05, 0) is 25.3 Å². The molecule has 1 N–H and O–H groups in total. The van der Waals surface area contributed by atoms with E-state index in [1.807, 2.05) is 36.1 Å². The number of carbonyl (C=O) groups is 3. The predicted octanol–water partition coefficient (Wildman–Crippen LogP) is 1.87. The quantitative estimate of drug-likeness (QED) is 0.759. The van der Waals surface area contributed by atoms with Crippen LogP contribution in [0.25, 0.3) is 0 Å². The molecule has 0 unspecified atom stereocenters. The number of hydrogen-bond donors (Lipinski definition) is 1. The van der Waals surface area contributed by atoms with Gasteiger partial charge in [0, 0.05) is 39.3 Å². The summed E-state index contributed by atoms with van der Waals surface area (Å²) in [5.41, 5.74) is 3.25. The molecule has 1 saturated heterocycles. The molecule has 0 aromatic heterocycles. The van der Waals surface area contributed by atoms with Crippen molar-refractivity contribution in [2.75, 3.05) is 46.3 Å². The minimum Gasteiger partial charge on any atom is -0.339 e. The summed E-state index contributed by atoms with van der Waals surface area (Å²) in [5, 5.41) is 2.95. The summed E-state index contributed by atoms with van der Waals surface area (Å²) >= 11 is 0. The molecule has 1 atom stereocenters. The van der Waals surface area contributed by atoms with Gasteiger partial charge in [0.1, 0.15) is 6.54 Å². The molecule has 1 aromatic rings. The van der Waals surface area contributed by atoms with E-state index < -0.39 is 6.04 Å². The molecule has 33 heavy (non-hydrogen) atoms. The van der Waals surface area contributed by atoms with Crippen molar-refractivity contribution in [2.24, 2.45) is 0 Å². The number of amides is 4. The summed E-state index contributed by atoms with van der Waals surface area (Å²) < 4.78 is 0. The highest BCUT2D eigenvalue weighted by molar-refractivity contribution is 6.02. The van der Waals surface area contributed by atoms with Gasteiger partial charge in [-0.3, -0.25) is 19.4 Å². The van der Waals surface area contributed by atoms with Gasteiger partial charge in [0.15, 0.2) is 0 Å². The second-order valence-corrected chi connectivity index (χ2v) is 9.73. The molecule has 5 rings (SSSR count). The van der Waals surface area contributed by atoms with E-state index in [1.165, 1.54) is 30.6 Å². The van der Waals surface area contributed by atoms with Crippen molar-refractivity contribution in [2.45, 2.75) is 44.7 Å².